The van der Waals surface area contributed by atoms with Gasteiger partial charge in [-0.15, -0.1) is 0 Å². The third kappa shape index (κ3) is 3.22. The summed E-state index contributed by atoms with van der Waals surface area (Å²) in [5, 5.41) is 0. The molecule has 0 saturated carbocycles. The van der Waals surface area contributed by atoms with Crippen molar-refractivity contribution >= 4 is 11.6 Å². The van der Waals surface area contributed by atoms with Gasteiger partial charge < -0.3 is 14.4 Å². The number of carbonyl (C=O) groups excluding carboxylic acids is 1. The van der Waals surface area contributed by atoms with Crippen LogP contribution >= 0.6 is 0 Å². The Morgan fingerprint density at radius 3 is 2.70 bits per heavy atom. The summed E-state index contributed by atoms with van der Waals surface area (Å²) >= 11 is 0. The number of anilines is 1. The van der Waals surface area contributed by atoms with Crippen LogP contribution in [0.1, 0.15) is 23.7 Å². The minimum Gasteiger partial charge on any atom is -0.483 e. The number of benzene rings is 2. The van der Waals surface area contributed by atoms with Crippen LogP contribution in [0, 0.1) is 6.92 Å². The minimum atomic E-state index is -0.0322. The number of methoxy groups -OCH3 is 1. The molecular formula is C19H21NO3. The highest BCUT2D eigenvalue weighted by atomic mass is 16.5. The normalized spacial score (nSPS) is 16.8. The molecule has 23 heavy (non-hydrogen) atoms. The van der Waals surface area contributed by atoms with Gasteiger partial charge in [0.1, 0.15) is 5.75 Å². The molecule has 2 aromatic rings. The number of aryl methyl sites for hydroxylation is 1. The number of amides is 1. The van der Waals surface area contributed by atoms with Gasteiger partial charge in [0.25, 0.3) is 5.91 Å². The van der Waals surface area contributed by atoms with Crippen LogP contribution in [-0.4, -0.2) is 26.2 Å². The summed E-state index contributed by atoms with van der Waals surface area (Å²) in [7, 11) is 1.71. The average molecular weight is 311 g/mol. The molecule has 0 fully saturated rings. The molecule has 1 aliphatic rings. The molecule has 1 unspecified atom stereocenters. The lowest BCUT2D eigenvalue weighted by Gasteiger charge is -2.33. The fourth-order valence-corrected chi connectivity index (χ4v) is 2.97. The van der Waals surface area contributed by atoms with Gasteiger partial charge in [-0.25, -0.2) is 0 Å². The van der Waals surface area contributed by atoms with Crippen molar-refractivity contribution in [3.63, 3.8) is 0 Å². The van der Waals surface area contributed by atoms with Gasteiger partial charge in [0.15, 0.2) is 6.61 Å². The first kappa shape index (κ1) is 15.6. The van der Waals surface area contributed by atoms with Gasteiger partial charge in [-0.1, -0.05) is 36.4 Å². The maximum atomic E-state index is 12.6. The number of hydrogen-bond donors (Lipinski definition) is 0. The number of carbonyl (C=O) groups is 1. The summed E-state index contributed by atoms with van der Waals surface area (Å²) in [5.74, 6) is 0.719. The van der Waals surface area contributed by atoms with Crippen LogP contribution in [0.3, 0.4) is 0 Å². The van der Waals surface area contributed by atoms with Crippen molar-refractivity contribution in [3.8, 4) is 5.75 Å². The maximum absolute atomic E-state index is 12.6. The Morgan fingerprint density at radius 2 is 1.91 bits per heavy atom. The molecule has 2 aromatic carbocycles. The van der Waals surface area contributed by atoms with Crippen LogP contribution in [0.15, 0.2) is 48.5 Å². The third-order valence-corrected chi connectivity index (χ3v) is 4.22. The molecule has 0 aromatic heterocycles. The lowest BCUT2D eigenvalue weighted by molar-refractivity contribution is -0.120. The molecule has 0 radical (unpaired) electrons. The van der Waals surface area contributed by atoms with Crippen LogP contribution in [0.2, 0.25) is 0 Å². The standard InChI is InChI=1S/C19H21NO3/c1-14-7-3-6-10-17(14)23-13-19(21)20-12-11-18(22-2)15-8-4-5-9-16(15)20/h3-10,18H,11-13H2,1-2H3. The van der Waals surface area contributed by atoms with E-state index in [9.17, 15) is 4.79 Å². The Morgan fingerprint density at radius 1 is 1.17 bits per heavy atom. The number of para-hydroxylation sites is 2. The van der Waals surface area contributed by atoms with Crippen molar-refractivity contribution in [3.05, 3.63) is 59.7 Å². The van der Waals surface area contributed by atoms with E-state index in [0.29, 0.717) is 6.54 Å². The Kier molecular flexibility index (Phi) is 4.63. The zero-order chi connectivity index (χ0) is 16.2. The van der Waals surface area contributed by atoms with E-state index < -0.39 is 0 Å². The second kappa shape index (κ2) is 6.84. The highest BCUT2D eigenvalue weighted by Crippen LogP contribution is 2.35. The zero-order valence-electron chi connectivity index (χ0n) is 13.5. The molecule has 0 saturated heterocycles. The fourth-order valence-electron chi connectivity index (χ4n) is 2.97. The first-order chi connectivity index (χ1) is 11.2. The van der Waals surface area contributed by atoms with Crippen LogP contribution < -0.4 is 9.64 Å². The summed E-state index contributed by atoms with van der Waals surface area (Å²) in [6.07, 6.45) is 0.844. The summed E-state index contributed by atoms with van der Waals surface area (Å²) in [6.45, 7) is 2.65. The van der Waals surface area contributed by atoms with Crippen molar-refractivity contribution in [1.82, 2.24) is 0 Å². The van der Waals surface area contributed by atoms with Crippen molar-refractivity contribution in [2.45, 2.75) is 19.4 Å². The molecular weight excluding hydrogens is 290 g/mol. The fraction of sp³-hybridized carbons (Fsp3) is 0.316. The lowest BCUT2D eigenvalue weighted by Crippen LogP contribution is -2.39. The summed E-state index contributed by atoms with van der Waals surface area (Å²) in [5.41, 5.74) is 3.01. The van der Waals surface area contributed by atoms with E-state index in [1.807, 2.05) is 55.5 Å². The highest BCUT2D eigenvalue weighted by Gasteiger charge is 2.28. The largest absolute Gasteiger partial charge is 0.483 e. The number of ether oxygens (including phenoxy) is 2. The summed E-state index contributed by atoms with van der Waals surface area (Å²) < 4.78 is 11.2. The molecule has 1 amide bonds. The number of hydrogen-bond acceptors (Lipinski definition) is 3. The second-order valence-corrected chi connectivity index (χ2v) is 5.67. The predicted octanol–water partition coefficient (Wildman–Crippen LogP) is 3.50. The van der Waals surface area contributed by atoms with E-state index in [-0.39, 0.29) is 18.6 Å². The molecule has 4 nitrogen and oxygen atoms in total. The monoisotopic (exact) mass is 311 g/mol. The Hall–Kier alpha value is -2.33. The van der Waals surface area contributed by atoms with E-state index in [4.69, 9.17) is 9.47 Å². The molecule has 0 N–H and O–H groups in total. The van der Waals surface area contributed by atoms with Gasteiger partial charge >= 0.3 is 0 Å². The van der Waals surface area contributed by atoms with Gasteiger partial charge in [0.05, 0.1) is 6.10 Å². The highest BCUT2D eigenvalue weighted by molar-refractivity contribution is 5.95. The van der Waals surface area contributed by atoms with Gasteiger partial charge in [0.2, 0.25) is 0 Å². The van der Waals surface area contributed by atoms with Crippen molar-refractivity contribution < 1.29 is 14.3 Å². The SMILES string of the molecule is COC1CCN(C(=O)COc2ccccc2C)c2ccccc21. The summed E-state index contributed by atoms with van der Waals surface area (Å²) in [4.78, 5) is 14.4. The third-order valence-electron chi connectivity index (χ3n) is 4.22. The van der Waals surface area contributed by atoms with Crippen LogP contribution in [0.25, 0.3) is 0 Å². The van der Waals surface area contributed by atoms with Crippen LogP contribution in [0.4, 0.5) is 5.69 Å². The van der Waals surface area contributed by atoms with Gasteiger partial charge in [-0.2, -0.15) is 0 Å². The zero-order valence-corrected chi connectivity index (χ0v) is 13.5. The van der Waals surface area contributed by atoms with Crippen LogP contribution in [-0.2, 0) is 9.53 Å². The Labute approximate surface area is 136 Å². The second-order valence-electron chi connectivity index (χ2n) is 5.67. The van der Waals surface area contributed by atoms with E-state index in [0.717, 1.165) is 29.0 Å². The van der Waals surface area contributed by atoms with E-state index in [1.54, 1.807) is 12.0 Å². The maximum Gasteiger partial charge on any atom is 0.264 e. The molecule has 1 aliphatic heterocycles. The molecule has 3 rings (SSSR count). The van der Waals surface area contributed by atoms with Gasteiger partial charge in [-0.3, -0.25) is 4.79 Å². The lowest BCUT2D eigenvalue weighted by atomic mass is 9.98. The number of nitrogens with zero attached hydrogens (tertiary/aromatic N) is 1. The van der Waals surface area contributed by atoms with Crippen molar-refractivity contribution in [2.75, 3.05) is 25.2 Å². The predicted molar refractivity (Wildman–Crippen MR) is 89.8 cm³/mol. The Bertz CT molecular complexity index is 699. The van der Waals surface area contributed by atoms with Gasteiger partial charge in [0, 0.05) is 24.9 Å². The molecule has 1 atom stereocenters. The molecule has 120 valence electrons. The first-order valence-corrected chi connectivity index (χ1v) is 7.81. The topological polar surface area (TPSA) is 38.8 Å². The summed E-state index contributed by atoms with van der Waals surface area (Å²) in [6, 6.07) is 15.6. The molecule has 0 spiro atoms. The molecule has 0 aliphatic carbocycles. The quantitative estimate of drug-likeness (QED) is 0.867. The van der Waals surface area contributed by atoms with E-state index in [1.165, 1.54) is 0 Å². The number of fused-ring (bicyclic) bond motifs is 1. The molecule has 1 heterocycles. The smallest absolute Gasteiger partial charge is 0.264 e. The van der Waals surface area contributed by atoms with Gasteiger partial charge in [-0.05, 0) is 31.0 Å². The minimum absolute atomic E-state index is 0.0322. The number of rotatable bonds is 4. The van der Waals surface area contributed by atoms with E-state index in [2.05, 4.69) is 0 Å². The molecule has 0 bridgehead atoms. The van der Waals surface area contributed by atoms with Crippen LogP contribution in [0.5, 0.6) is 5.75 Å². The van der Waals surface area contributed by atoms with E-state index >= 15 is 0 Å². The average Bonchev–Trinajstić information content (AvgIpc) is 2.59. The Balaban J connectivity index is 1.74. The first-order valence-electron chi connectivity index (χ1n) is 7.81. The van der Waals surface area contributed by atoms with Crippen molar-refractivity contribution in [2.24, 2.45) is 0 Å². The molecule has 4 heteroatoms. The van der Waals surface area contributed by atoms with Crippen molar-refractivity contribution in [1.29, 1.82) is 0 Å².